The first-order valence-electron chi connectivity index (χ1n) is 3.59. The molecule has 0 fully saturated rings. The van der Waals surface area contributed by atoms with Crippen LogP contribution in [-0.2, 0) is 0 Å². The number of hydrogen-bond acceptors (Lipinski definition) is 2. The fraction of sp³-hybridized carbons (Fsp3) is 0.222. The van der Waals surface area contributed by atoms with Gasteiger partial charge in [-0.25, -0.2) is 0 Å². The summed E-state index contributed by atoms with van der Waals surface area (Å²) in [4.78, 5) is 0. The van der Waals surface area contributed by atoms with Gasteiger partial charge in [-0.1, -0.05) is 0 Å². The molecule has 0 aliphatic carbocycles. The van der Waals surface area contributed by atoms with Gasteiger partial charge in [0.25, 0.3) is 0 Å². The van der Waals surface area contributed by atoms with Crippen molar-refractivity contribution in [2.45, 2.75) is 0 Å². The topological polar surface area (TPSA) is 18.5 Å². The Hall–Kier alpha value is -1.25. The van der Waals surface area contributed by atoms with Crippen molar-refractivity contribution >= 4 is 13.5 Å². The number of benzene rings is 1. The van der Waals surface area contributed by atoms with Gasteiger partial charge < -0.3 is 0 Å². The Morgan fingerprint density at radius 2 is 1.67 bits per heavy atom. The van der Waals surface area contributed by atoms with E-state index in [0.717, 1.165) is 17.1 Å². The van der Waals surface area contributed by atoms with Gasteiger partial charge in [-0.15, -0.1) is 0 Å². The van der Waals surface area contributed by atoms with Gasteiger partial charge >= 0.3 is 72.4 Å². The van der Waals surface area contributed by atoms with Crippen molar-refractivity contribution in [1.29, 1.82) is 0 Å². The molecule has 0 unspecified atom stereocenters. The van der Waals surface area contributed by atoms with E-state index in [1.54, 1.807) is 14.2 Å². The normalized spacial score (nSPS) is 9.08. The van der Waals surface area contributed by atoms with E-state index in [1.807, 2.05) is 18.2 Å². The van der Waals surface area contributed by atoms with Crippen LogP contribution in [0.5, 0.6) is 11.5 Å². The average Bonchev–Trinajstić information content (AvgIpc) is 2.16. The van der Waals surface area contributed by atoms with E-state index in [2.05, 4.69) is 0 Å². The molecular weight excluding hydrogens is 151 g/mol. The summed E-state index contributed by atoms with van der Waals surface area (Å²) in [5.41, 5.74) is 0.780. The molecule has 1 aromatic carbocycles. The predicted molar refractivity (Wildman–Crippen MR) is 50.5 cm³/mol. The fourth-order valence-corrected chi connectivity index (χ4v) is 1.04. The van der Waals surface area contributed by atoms with Gasteiger partial charge in [0.1, 0.15) is 0 Å². The monoisotopic (exact) mass is 161 g/mol. The van der Waals surface area contributed by atoms with Crippen LogP contribution in [0.4, 0.5) is 0 Å². The van der Waals surface area contributed by atoms with Crippen LogP contribution in [0.3, 0.4) is 0 Å². The molecule has 0 atom stereocenters. The van der Waals surface area contributed by atoms with Crippen LogP contribution in [0.15, 0.2) is 18.2 Å². The summed E-state index contributed by atoms with van der Waals surface area (Å²) in [6.07, 6.45) is 0. The van der Waals surface area contributed by atoms with Crippen LogP contribution in [0.25, 0.3) is 0 Å². The van der Waals surface area contributed by atoms with Crippen LogP contribution in [0.1, 0.15) is 5.56 Å². The summed E-state index contributed by atoms with van der Waals surface area (Å²) in [6, 6.07) is 5.52. The molecule has 0 bridgehead atoms. The van der Waals surface area contributed by atoms with Crippen molar-refractivity contribution in [1.82, 2.24) is 0 Å². The van der Waals surface area contributed by atoms with E-state index >= 15 is 0 Å². The van der Waals surface area contributed by atoms with Gasteiger partial charge in [0.2, 0.25) is 0 Å². The summed E-state index contributed by atoms with van der Waals surface area (Å²) in [6.45, 7) is 0. The van der Waals surface area contributed by atoms with Gasteiger partial charge in [0.15, 0.2) is 0 Å². The van der Waals surface area contributed by atoms with Crippen molar-refractivity contribution in [3.8, 4) is 11.5 Å². The standard InChI is InChI=1S/C9H10BO2/c1-11-8-4-3-5-9(12-2)7(8)6-10/h3-6H,1-2H3. The Labute approximate surface area is 73.2 Å². The number of rotatable bonds is 3. The fourth-order valence-electron chi connectivity index (χ4n) is 1.04. The zero-order valence-corrected chi connectivity index (χ0v) is 7.20. The summed E-state index contributed by atoms with van der Waals surface area (Å²) in [5, 5.41) is 0. The Morgan fingerprint density at radius 1 is 1.17 bits per heavy atom. The molecule has 61 valence electrons. The minimum atomic E-state index is 0.719. The Morgan fingerprint density at radius 3 is 2.00 bits per heavy atom. The van der Waals surface area contributed by atoms with Crippen LogP contribution in [-0.4, -0.2) is 27.7 Å². The Balaban J connectivity index is 3.21. The third-order valence-corrected chi connectivity index (χ3v) is 1.63. The first-order valence-corrected chi connectivity index (χ1v) is 3.59. The van der Waals surface area contributed by atoms with E-state index < -0.39 is 0 Å². The van der Waals surface area contributed by atoms with Gasteiger partial charge in [-0.2, -0.15) is 0 Å². The van der Waals surface area contributed by atoms with Crippen molar-refractivity contribution in [3.63, 3.8) is 0 Å². The van der Waals surface area contributed by atoms with Gasteiger partial charge in [0, 0.05) is 0 Å². The van der Waals surface area contributed by atoms with E-state index in [1.165, 1.54) is 5.97 Å². The molecule has 1 rings (SSSR count). The third kappa shape index (κ3) is 1.50. The molecule has 2 nitrogen and oxygen atoms in total. The molecule has 1 radical (unpaired) electrons. The molecule has 0 aliphatic rings. The van der Waals surface area contributed by atoms with Crippen LogP contribution < -0.4 is 9.47 Å². The van der Waals surface area contributed by atoms with E-state index in [-0.39, 0.29) is 0 Å². The van der Waals surface area contributed by atoms with Gasteiger partial charge in [-0.05, 0) is 0 Å². The maximum absolute atomic E-state index is 5.42. The van der Waals surface area contributed by atoms with Crippen molar-refractivity contribution < 1.29 is 9.47 Å². The molecule has 12 heavy (non-hydrogen) atoms. The molecule has 1 aromatic rings. The predicted octanol–water partition coefficient (Wildman–Crippen LogP) is 1.02. The van der Waals surface area contributed by atoms with Gasteiger partial charge in [0.05, 0.1) is 0 Å². The van der Waals surface area contributed by atoms with Crippen molar-refractivity contribution in [2.24, 2.45) is 0 Å². The zero-order chi connectivity index (χ0) is 8.97. The maximum atomic E-state index is 5.42. The molecule has 0 heterocycles. The summed E-state index contributed by atoms with van der Waals surface area (Å²) < 4.78 is 10.2. The van der Waals surface area contributed by atoms with Crippen molar-refractivity contribution in [2.75, 3.05) is 14.2 Å². The molecular formula is C9H10BO2. The first kappa shape index (κ1) is 8.85. The molecule has 0 aliphatic heterocycles. The van der Waals surface area contributed by atoms with E-state index in [0.29, 0.717) is 0 Å². The second-order valence-corrected chi connectivity index (χ2v) is 2.24. The molecule has 0 N–H and O–H groups in total. The molecule has 0 saturated carbocycles. The summed E-state index contributed by atoms with van der Waals surface area (Å²) in [5.74, 6) is 2.91. The molecule has 0 spiro atoms. The molecule has 0 aromatic heterocycles. The Bertz CT molecular complexity index is 262. The minimum absolute atomic E-state index is 0.719. The molecule has 0 saturated heterocycles. The zero-order valence-electron chi connectivity index (χ0n) is 7.20. The van der Waals surface area contributed by atoms with Crippen LogP contribution in [0, 0.1) is 0 Å². The second kappa shape index (κ2) is 3.95. The number of hydrogen-bond donors (Lipinski definition) is 0. The average molecular weight is 161 g/mol. The van der Waals surface area contributed by atoms with E-state index in [9.17, 15) is 0 Å². The summed E-state index contributed by atoms with van der Waals surface area (Å²) >= 11 is 0. The number of methoxy groups -OCH3 is 2. The number of ether oxygens (including phenoxy) is 2. The SMILES string of the molecule is [B]=Cc1c(OC)cccc1OC. The van der Waals surface area contributed by atoms with E-state index in [4.69, 9.17) is 17.0 Å². The molecule has 0 amide bonds. The Kier molecular flexibility index (Phi) is 2.91. The third-order valence-electron chi connectivity index (χ3n) is 1.63. The van der Waals surface area contributed by atoms with Crippen LogP contribution in [0.2, 0.25) is 0 Å². The summed E-state index contributed by atoms with van der Waals surface area (Å²) in [7, 11) is 8.62. The second-order valence-electron chi connectivity index (χ2n) is 2.24. The van der Waals surface area contributed by atoms with Crippen molar-refractivity contribution in [3.05, 3.63) is 23.8 Å². The molecule has 3 heteroatoms. The quantitative estimate of drug-likeness (QED) is 0.616. The first-order chi connectivity index (χ1) is 5.83. The van der Waals surface area contributed by atoms with Crippen LogP contribution >= 0.6 is 0 Å². The van der Waals surface area contributed by atoms with Gasteiger partial charge in [-0.3, -0.25) is 0 Å².